The van der Waals surface area contributed by atoms with Crippen LogP contribution in [0, 0.1) is 0 Å². The Bertz CT molecular complexity index is 1660. The summed E-state index contributed by atoms with van der Waals surface area (Å²) in [6.07, 6.45) is 3.21. The van der Waals surface area contributed by atoms with Crippen molar-refractivity contribution in [2.45, 2.75) is 42.5 Å². The number of carbonyl (C=O) groups excluding carboxylic acids is 1. The molecular weight excluding hydrogens is 538 g/mol. The first-order valence-electron chi connectivity index (χ1n) is 12.5. The van der Waals surface area contributed by atoms with Gasteiger partial charge in [0.25, 0.3) is 10.0 Å². The number of ether oxygens (including phenoxy) is 1. The van der Waals surface area contributed by atoms with Crippen LogP contribution in [-0.4, -0.2) is 36.8 Å². The van der Waals surface area contributed by atoms with Crippen LogP contribution in [0.3, 0.4) is 0 Å². The second-order valence-electron chi connectivity index (χ2n) is 9.60. The van der Waals surface area contributed by atoms with Gasteiger partial charge in [0.15, 0.2) is 17.4 Å². The Balaban J connectivity index is 1.47. The van der Waals surface area contributed by atoms with Gasteiger partial charge in [0.2, 0.25) is 0 Å². The highest BCUT2D eigenvalue weighted by molar-refractivity contribution is 7.92. The second-order valence-corrected chi connectivity index (χ2v) is 11.7. The van der Waals surface area contributed by atoms with Crippen molar-refractivity contribution in [3.8, 4) is 5.75 Å². The molecule has 39 heavy (non-hydrogen) atoms. The Labute approximate surface area is 231 Å². The molecule has 1 aromatic heterocycles. The van der Waals surface area contributed by atoms with Crippen LogP contribution in [0.25, 0.3) is 11.0 Å². The topological polar surface area (TPSA) is 136 Å². The van der Waals surface area contributed by atoms with Gasteiger partial charge in [0.05, 0.1) is 39.3 Å². The van der Waals surface area contributed by atoms with Crippen molar-refractivity contribution in [3.05, 3.63) is 77.3 Å². The highest BCUT2D eigenvalue weighted by atomic mass is 35.5. The van der Waals surface area contributed by atoms with Crippen LogP contribution >= 0.6 is 11.6 Å². The average molecular weight is 566 g/mol. The number of methoxy groups -OCH3 is 1. The zero-order chi connectivity index (χ0) is 27.6. The van der Waals surface area contributed by atoms with Crippen LogP contribution in [0.5, 0.6) is 5.75 Å². The van der Waals surface area contributed by atoms with Gasteiger partial charge in [0.1, 0.15) is 5.75 Å². The molecule has 0 spiro atoms. The highest BCUT2D eigenvalue weighted by Gasteiger charge is 2.36. The number of hydrogen-bond acceptors (Lipinski definition) is 8. The molecule has 4 aromatic rings. The van der Waals surface area contributed by atoms with Crippen LogP contribution in [0.4, 0.5) is 17.3 Å². The van der Waals surface area contributed by atoms with Gasteiger partial charge in [-0.25, -0.2) is 18.4 Å². The number of benzene rings is 3. The molecule has 0 radical (unpaired) electrons. The molecule has 1 fully saturated rings. The molecule has 0 aliphatic heterocycles. The summed E-state index contributed by atoms with van der Waals surface area (Å²) < 4.78 is 34.9. The smallest absolute Gasteiger partial charge is 0.263 e. The van der Waals surface area contributed by atoms with Gasteiger partial charge in [-0.05, 0) is 54.8 Å². The summed E-state index contributed by atoms with van der Waals surface area (Å²) in [6, 6.07) is 18.4. The number of aromatic nitrogens is 2. The lowest BCUT2D eigenvalue weighted by Crippen LogP contribution is -2.46. The fraction of sp³-hybridized carbons (Fsp3) is 0.250. The number of para-hydroxylation sites is 2. The molecule has 9 nitrogen and oxygen atoms in total. The van der Waals surface area contributed by atoms with Crippen LogP contribution in [0.15, 0.2) is 71.6 Å². The maximum absolute atomic E-state index is 13.5. The molecule has 0 unspecified atom stereocenters. The van der Waals surface area contributed by atoms with Crippen molar-refractivity contribution in [3.63, 3.8) is 0 Å². The van der Waals surface area contributed by atoms with Crippen molar-refractivity contribution in [1.82, 2.24) is 9.97 Å². The van der Waals surface area contributed by atoms with Crippen molar-refractivity contribution in [2.75, 3.05) is 17.1 Å². The Morgan fingerprint density at radius 3 is 2.38 bits per heavy atom. The largest absolute Gasteiger partial charge is 0.497 e. The molecule has 202 valence electrons. The van der Waals surface area contributed by atoms with E-state index >= 15 is 0 Å². The van der Waals surface area contributed by atoms with E-state index in [0.29, 0.717) is 45.9 Å². The lowest BCUT2D eigenvalue weighted by Gasteiger charge is -2.21. The molecule has 3 aromatic carbocycles. The first-order chi connectivity index (χ1) is 18.7. The standard InChI is InChI=1S/C28H28ClN5O4S/c1-38-19-11-12-21(29)24(17-19)33-26-27(32-23-10-3-2-9-22(23)31-26)34-39(36,37)20-8-6-7-18(15-20)16-25(35)28(30)13-4-5-14-28/h2-3,6-12,15,17H,4-5,13-14,16,30H2,1H3,(H,31,33)(H,32,34). The third kappa shape index (κ3) is 5.83. The minimum Gasteiger partial charge on any atom is -0.497 e. The number of halogens is 1. The van der Waals surface area contributed by atoms with Gasteiger partial charge in [-0.15, -0.1) is 0 Å². The molecule has 4 N–H and O–H groups in total. The molecule has 0 bridgehead atoms. The first kappa shape index (κ1) is 26.9. The van der Waals surface area contributed by atoms with E-state index in [-0.39, 0.29) is 28.7 Å². The number of anilines is 3. The number of nitrogens with two attached hydrogens (primary N) is 1. The van der Waals surface area contributed by atoms with Gasteiger partial charge >= 0.3 is 0 Å². The summed E-state index contributed by atoms with van der Waals surface area (Å²) in [5, 5.41) is 3.47. The van der Waals surface area contributed by atoms with Gasteiger partial charge < -0.3 is 15.8 Å². The second kappa shape index (κ2) is 10.8. The van der Waals surface area contributed by atoms with Crippen molar-refractivity contribution in [1.29, 1.82) is 0 Å². The molecule has 5 rings (SSSR count). The molecule has 1 aliphatic carbocycles. The fourth-order valence-electron chi connectivity index (χ4n) is 4.67. The number of nitrogens with one attached hydrogen (secondary N) is 2. The van der Waals surface area contributed by atoms with Gasteiger partial charge in [-0.1, -0.05) is 48.7 Å². The van der Waals surface area contributed by atoms with Crippen LogP contribution in [-0.2, 0) is 21.2 Å². The third-order valence-electron chi connectivity index (χ3n) is 6.85. The molecule has 11 heteroatoms. The number of ketones is 1. The van der Waals surface area contributed by atoms with Crippen LogP contribution in [0.2, 0.25) is 5.02 Å². The summed E-state index contributed by atoms with van der Waals surface area (Å²) in [7, 11) is -2.57. The molecule has 1 heterocycles. The lowest BCUT2D eigenvalue weighted by atomic mass is 9.89. The van der Waals surface area contributed by atoms with E-state index in [4.69, 9.17) is 22.1 Å². The number of hydrogen-bond donors (Lipinski definition) is 3. The molecule has 0 saturated heterocycles. The number of rotatable bonds is 9. The minimum absolute atomic E-state index is 0.00869. The van der Waals surface area contributed by atoms with E-state index in [0.717, 1.165) is 12.8 Å². The fourth-order valence-corrected chi connectivity index (χ4v) is 5.91. The SMILES string of the molecule is COc1ccc(Cl)c(Nc2nc3ccccc3nc2NS(=O)(=O)c2cccc(CC(=O)C3(N)CCCC3)c2)c1. The maximum atomic E-state index is 13.5. The number of sulfonamides is 1. The van der Waals surface area contributed by atoms with E-state index in [9.17, 15) is 13.2 Å². The Morgan fingerprint density at radius 1 is 1.00 bits per heavy atom. The normalized spacial score (nSPS) is 14.7. The van der Waals surface area contributed by atoms with Crippen LogP contribution < -0.4 is 20.5 Å². The monoisotopic (exact) mass is 565 g/mol. The van der Waals surface area contributed by atoms with Gasteiger partial charge in [0, 0.05) is 12.5 Å². The van der Waals surface area contributed by atoms with E-state index in [2.05, 4.69) is 20.0 Å². The summed E-state index contributed by atoms with van der Waals surface area (Å²) >= 11 is 6.38. The van der Waals surface area contributed by atoms with Gasteiger partial charge in [-0.3, -0.25) is 9.52 Å². The van der Waals surface area contributed by atoms with E-state index in [1.165, 1.54) is 19.2 Å². The predicted molar refractivity (Wildman–Crippen MR) is 152 cm³/mol. The summed E-state index contributed by atoms with van der Waals surface area (Å²) in [5.74, 6) is 0.622. The van der Waals surface area contributed by atoms with E-state index < -0.39 is 15.6 Å². The quantitative estimate of drug-likeness (QED) is 0.251. The number of fused-ring (bicyclic) bond motifs is 1. The summed E-state index contributed by atoms with van der Waals surface area (Å²) in [6.45, 7) is 0. The molecule has 1 saturated carbocycles. The number of Topliss-reactive ketones (excluding diaryl/α,β-unsaturated/α-hetero) is 1. The molecular formula is C28H28ClN5O4S. The lowest BCUT2D eigenvalue weighted by molar-refractivity contribution is -0.123. The predicted octanol–water partition coefficient (Wildman–Crippen LogP) is 5.22. The zero-order valence-corrected chi connectivity index (χ0v) is 22.8. The zero-order valence-electron chi connectivity index (χ0n) is 21.3. The molecule has 0 amide bonds. The maximum Gasteiger partial charge on any atom is 0.263 e. The first-order valence-corrected chi connectivity index (χ1v) is 14.3. The van der Waals surface area contributed by atoms with Crippen molar-refractivity contribution >= 4 is 55.8 Å². The van der Waals surface area contributed by atoms with Crippen LogP contribution in [0.1, 0.15) is 31.2 Å². The molecule has 0 atom stereocenters. The minimum atomic E-state index is -4.10. The van der Waals surface area contributed by atoms with Gasteiger partial charge in [-0.2, -0.15) is 0 Å². The van der Waals surface area contributed by atoms with E-state index in [1.807, 2.05) is 6.07 Å². The average Bonchev–Trinajstić information content (AvgIpc) is 3.38. The van der Waals surface area contributed by atoms with Crippen molar-refractivity contribution in [2.24, 2.45) is 5.73 Å². The summed E-state index contributed by atoms with van der Waals surface area (Å²) in [5.41, 5.74) is 7.57. The third-order valence-corrected chi connectivity index (χ3v) is 8.52. The Hall–Kier alpha value is -3.73. The van der Waals surface area contributed by atoms with Crippen molar-refractivity contribution < 1.29 is 17.9 Å². The number of carbonyl (C=O) groups is 1. The van der Waals surface area contributed by atoms with E-state index in [1.54, 1.807) is 48.5 Å². The Kier molecular flexibility index (Phi) is 7.44. The molecule has 1 aliphatic rings. The summed E-state index contributed by atoms with van der Waals surface area (Å²) in [4.78, 5) is 22.0. The highest BCUT2D eigenvalue weighted by Crippen LogP contribution is 2.33. The Morgan fingerprint density at radius 2 is 1.69 bits per heavy atom. The number of nitrogens with zero attached hydrogens (tertiary/aromatic N) is 2.